The highest BCUT2D eigenvalue weighted by molar-refractivity contribution is 5.99. The Morgan fingerprint density at radius 2 is 1.79 bits per heavy atom. The van der Waals surface area contributed by atoms with Gasteiger partial charge in [-0.15, -0.1) is 0 Å². The van der Waals surface area contributed by atoms with Crippen LogP contribution in [0.25, 0.3) is 0 Å². The minimum Gasteiger partial charge on any atom is -0.479 e. The molecule has 0 saturated carbocycles. The molecular formula is C22H22N2O4. The van der Waals surface area contributed by atoms with Gasteiger partial charge in [-0.25, -0.2) is 4.79 Å². The quantitative estimate of drug-likeness (QED) is 0.746. The topological polar surface area (TPSA) is 79.6 Å². The zero-order valence-corrected chi connectivity index (χ0v) is 16.1. The normalized spacial score (nSPS) is 17.2. The van der Waals surface area contributed by atoms with Gasteiger partial charge in [0.1, 0.15) is 5.75 Å². The first-order chi connectivity index (χ1) is 13.4. The molecule has 0 fully saturated rings. The minimum atomic E-state index is -0.923. The highest BCUT2D eigenvalue weighted by atomic mass is 16.6. The fourth-order valence-corrected chi connectivity index (χ4v) is 3.28. The summed E-state index contributed by atoms with van der Waals surface area (Å²) in [5.74, 6) is -0.425. The fraction of sp³-hybridized carbons (Fsp3) is 0.318. The number of benzene rings is 2. The summed E-state index contributed by atoms with van der Waals surface area (Å²) in [6.45, 7) is 5.11. The van der Waals surface area contributed by atoms with Crippen LogP contribution in [0.3, 0.4) is 0 Å². The molecule has 0 spiro atoms. The molecule has 0 bridgehead atoms. The molecule has 1 amide bonds. The van der Waals surface area contributed by atoms with Crippen LogP contribution in [-0.4, -0.2) is 30.1 Å². The molecule has 2 aromatic carbocycles. The zero-order valence-electron chi connectivity index (χ0n) is 16.1. The SMILES string of the molecule is C[C@@H]1Cc2ccccc2N1C(=O)[C@@H](C)OC(=O)[C@@H](C)Oc1ccc(C#N)cc1. The number of carbonyl (C=O) groups excluding carboxylic acids is 2. The van der Waals surface area contributed by atoms with Gasteiger partial charge in [0.15, 0.2) is 12.2 Å². The van der Waals surface area contributed by atoms with Gasteiger partial charge >= 0.3 is 5.97 Å². The van der Waals surface area contributed by atoms with E-state index >= 15 is 0 Å². The lowest BCUT2D eigenvalue weighted by Crippen LogP contribution is -2.44. The Bertz CT molecular complexity index is 917. The number of esters is 1. The number of para-hydroxylation sites is 1. The van der Waals surface area contributed by atoms with E-state index in [1.807, 2.05) is 37.3 Å². The molecule has 3 atom stereocenters. The smallest absolute Gasteiger partial charge is 0.347 e. The van der Waals surface area contributed by atoms with E-state index in [-0.39, 0.29) is 11.9 Å². The number of amides is 1. The van der Waals surface area contributed by atoms with Crippen molar-refractivity contribution in [2.24, 2.45) is 0 Å². The van der Waals surface area contributed by atoms with Crippen molar-refractivity contribution in [2.75, 3.05) is 4.90 Å². The number of anilines is 1. The van der Waals surface area contributed by atoms with Crippen LogP contribution < -0.4 is 9.64 Å². The van der Waals surface area contributed by atoms with Gasteiger partial charge in [-0.05, 0) is 63.1 Å². The average molecular weight is 378 g/mol. The average Bonchev–Trinajstić information content (AvgIpc) is 3.03. The Kier molecular flexibility index (Phi) is 5.65. The van der Waals surface area contributed by atoms with Crippen molar-refractivity contribution < 1.29 is 19.1 Å². The standard InChI is InChI=1S/C22H22N2O4/c1-14-12-18-6-4-5-7-20(18)24(14)21(25)15(2)28-22(26)16(3)27-19-10-8-17(13-23)9-11-19/h4-11,14-16H,12H2,1-3H3/t14-,15-,16-/m1/s1. The number of nitriles is 1. The molecule has 6 nitrogen and oxygen atoms in total. The van der Waals surface area contributed by atoms with E-state index in [9.17, 15) is 9.59 Å². The maximum absolute atomic E-state index is 12.9. The first-order valence-corrected chi connectivity index (χ1v) is 9.19. The Labute approximate surface area is 164 Å². The van der Waals surface area contributed by atoms with Gasteiger partial charge in [0.05, 0.1) is 11.6 Å². The minimum absolute atomic E-state index is 0.0124. The summed E-state index contributed by atoms with van der Waals surface area (Å²) in [5.41, 5.74) is 2.48. The maximum Gasteiger partial charge on any atom is 0.347 e. The van der Waals surface area contributed by atoms with Gasteiger partial charge in [-0.3, -0.25) is 4.79 Å². The lowest BCUT2D eigenvalue weighted by Gasteiger charge is -2.26. The molecule has 3 rings (SSSR count). The first-order valence-electron chi connectivity index (χ1n) is 9.19. The van der Waals surface area contributed by atoms with Gasteiger partial charge in [0, 0.05) is 11.7 Å². The van der Waals surface area contributed by atoms with E-state index in [4.69, 9.17) is 14.7 Å². The Hall–Kier alpha value is -3.33. The second-order valence-electron chi connectivity index (χ2n) is 6.87. The second-order valence-corrected chi connectivity index (χ2v) is 6.87. The van der Waals surface area contributed by atoms with Crippen molar-refractivity contribution in [2.45, 2.75) is 45.4 Å². The van der Waals surface area contributed by atoms with E-state index in [1.165, 1.54) is 0 Å². The van der Waals surface area contributed by atoms with Gasteiger partial charge in [-0.2, -0.15) is 5.26 Å². The van der Waals surface area contributed by atoms with Crippen LogP contribution in [0.1, 0.15) is 31.9 Å². The maximum atomic E-state index is 12.9. The number of carbonyl (C=O) groups is 2. The lowest BCUT2D eigenvalue weighted by molar-refractivity contribution is -0.160. The van der Waals surface area contributed by atoms with Crippen molar-refractivity contribution in [3.05, 3.63) is 59.7 Å². The van der Waals surface area contributed by atoms with Crippen LogP contribution >= 0.6 is 0 Å². The number of hydrogen-bond donors (Lipinski definition) is 0. The van der Waals surface area contributed by atoms with Gasteiger partial charge in [0.2, 0.25) is 0 Å². The molecule has 6 heteroatoms. The van der Waals surface area contributed by atoms with Crippen molar-refractivity contribution in [3.8, 4) is 11.8 Å². The Morgan fingerprint density at radius 1 is 1.11 bits per heavy atom. The van der Waals surface area contributed by atoms with Gasteiger partial charge in [-0.1, -0.05) is 18.2 Å². The van der Waals surface area contributed by atoms with Crippen LogP contribution in [0.15, 0.2) is 48.5 Å². The zero-order chi connectivity index (χ0) is 20.3. The summed E-state index contributed by atoms with van der Waals surface area (Å²) < 4.78 is 10.9. The molecule has 144 valence electrons. The number of rotatable bonds is 5. The van der Waals surface area contributed by atoms with Crippen molar-refractivity contribution >= 4 is 17.6 Å². The highest BCUT2D eigenvalue weighted by Crippen LogP contribution is 2.32. The lowest BCUT2D eigenvalue weighted by atomic mass is 10.1. The Balaban J connectivity index is 1.61. The van der Waals surface area contributed by atoms with Crippen molar-refractivity contribution in [1.82, 2.24) is 0 Å². The molecule has 28 heavy (non-hydrogen) atoms. The summed E-state index contributed by atoms with van der Waals surface area (Å²) >= 11 is 0. The van der Waals surface area contributed by atoms with E-state index in [2.05, 4.69) is 0 Å². The van der Waals surface area contributed by atoms with E-state index in [0.717, 1.165) is 17.7 Å². The predicted octanol–water partition coefficient (Wildman–Crippen LogP) is 3.24. The molecule has 1 heterocycles. The summed E-state index contributed by atoms with van der Waals surface area (Å²) in [4.78, 5) is 26.9. The van der Waals surface area contributed by atoms with E-state index in [0.29, 0.717) is 11.3 Å². The largest absolute Gasteiger partial charge is 0.479 e. The molecule has 0 saturated heterocycles. The first kappa shape index (κ1) is 19.4. The van der Waals surface area contributed by atoms with Crippen molar-refractivity contribution in [1.29, 1.82) is 5.26 Å². The van der Waals surface area contributed by atoms with Crippen LogP contribution in [0.2, 0.25) is 0 Å². The van der Waals surface area contributed by atoms with Gasteiger partial charge in [0.25, 0.3) is 5.91 Å². The molecule has 0 aliphatic carbocycles. The molecule has 0 N–H and O–H groups in total. The highest BCUT2D eigenvalue weighted by Gasteiger charge is 2.35. The molecule has 1 aliphatic rings. The summed E-state index contributed by atoms with van der Waals surface area (Å²) in [7, 11) is 0. The fourth-order valence-electron chi connectivity index (χ4n) is 3.28. The van der Waals surface area contributed by atoms with Crippen LogP contribution in [0.5, 0.6) is 5.75 Å². The molecule has 0 unspecified atom stereocenters. The second kappa shape index (κ2) is 8.13. The number of fused-ring (bicyclic) bond motifs is 1. The summed E-state index contributed by atoms with van der Waals surface area (Å²) in [5, 5.41) is 8.82. The third-order valence-electron chi connectivity index (χ3n) is 4.71. The summed E-state index contributed by atoms with van der Waals surface area (Å²) in [6.07, 6.45) is -1.03. The number of nitrogens with zero attached hydrogens (tertiary/aromatic N) is 2. The molecule has 0 aromatic heterocycles. The van der Waals surface area contributed by atoms with Crippen LogP contribution in [0, 0.1) is 11.3 Å². The van der Waals surface area contributed by atoms with E-state index in [1.54, 1.807) is 43.0 Å². The third kappa shape index (κ3) is 3.99. The number of ether oxygens (including phenoxy) is 2. The monoisotopic (exact) mass is 378 g/mol. The van der Waals surface area contributed by atoms with E-state index < -0.39 is 18.2 Å². The molecule has 0 radical (unpaired) electrons. The number of hydrogen-bond acceptors (Lipinski definition) is 5. The van der Waals surface area contributed by atoms with Crippen molar-refractivity contribution in [3.63, 3.8) is 0 Å². The molecule has 2 aromatic rings. The van der Waals surface area contributed by atoms with Crippen LogP contribution in [0.4, 0.5) is 5.69 Å². The van der Waals surface area contributed by atoms with Crippen LogP contribution in [-0.2, 0) is 20.7 Å². The molecular weight excluding hydrogens is 356 g/mol. The van der Waals surface area contributed by atoms with Gasteiger partial charge < -0.3 is 14.4 Å². The predicted molar refractivity (Wildman–Crippen MR) is 104 cm³/mol. The third-order valence-corrected chi connectivity index (χ3v) is 4.71. The summed E-state index contributed by atoms with van der Waals surface area (Å²) in [6, 6.07) is 16.2. The Morgan fingerprint density at radius 3 is 2.46 bits per heavy atom. The molecule has 1 aliphatic heterocycles.